The quantitative estimate of drug-likeness (QED) is 0.707. The highest BCUT2D eigenvalue weighted by Gasteiger charge is 2.30. The number of nitrogens with zero attached hydrogens (tertiary/aromatic N) is 4. The second-order valence-electron chi connectivity index (χ2n) is 2.27. The van der Waals surface area contributed by atoms with Crippen LogP contribution in [0.2, 0.25) is 0 Å². The van der Waals surface area contributed by atoms with Crippen LogP contribution in [0.15, 0.2) is 4.34 Å². The molecule has 0 aliphatic rings. The molecule has 0 saturated heterocycles. The van der Waals surface area contributed by atoms with Crippen molar-refractivity contribution in [3.05, 3.63) is 5.01 Å². The average Bonchev–Trinajstić information content (AvgIpc) is 2.54. The van der Waals surface area contributed by atoms with Gasteiger partial charge in [0.25, 0.3) is 0 Å². The van der Waals surface area contributed by atoms with Gasteiger partial charge in [0.1, 0.15) is 5.01 Å². The first-order valence-electron chi connectivity index (χ1n) is 3.35. The van der Waals surface area contributed by atoms with Crippen LogP contribution in [0.25, 0.3) is 0 Å². The first-order valence-corrected chi connectivity index (χ1v) is 5.72. The minimum Gasteiger partial charge on any atom is -0.219 e. The normalized spacial score (nSPS) is 10.9. The lowest BCUT2D eigenvalue weighted by Crippen LogP contribution is -2.17. The first kappa shape index (κ1) is 10.6. The van der Waals surface area contributed by atoms with E-state index >= 15 is 0 Å². The van der Waals surface area contributed by atoms with Gasteiger partial charge < -0.3 is 0 Å². The van der Waals surface area contributed by atoms with Crippen LogP contribution in [0.1, 0.15) is 5.01 Å². The third-order valence-corrected chi connectivity index (χ3v) is 4.28. The summed E-state index contributed by atoms with van der Waals surface area (Å²) in [5.74, 6) is 0. The van der Waals surface area contributed by atoms with Crippen molar-refractivity contribution in [3.8, 4) is 12.1 Å². The van der Waals surface area contributed by atoms with Gasteiger partial charge in [-0.15, -0.1) is 10.2 Å². The molecule has 1 aromatic heterocycles. The Hall–Kier alpha value is -1.51. The van der Waals surface area contributed by atoms with Crippen LogP contribution < -0.4 is 0 Å². The molecule has 1 heterocycles. The largest absolute Gasteiger partial charge is 0.240 e. The van der Waals surface area contributed by atoms with Crippen molar-refractivity contribution in [2.45, 2.75) is 16.5 Å². The van der Waals surface area contributed by atoms with Crippen molar-refractivity contribution in [2.24, 2.45) is 0 Å². The van der Waals surface area contributed by atoms with E-state index in [0.717, 1.165) is 11.3 Å². The van der Waals surface area contributed by atoms with E-state index in [4.69, 9.17) is 10.5 Å². The Morgan fingerprint density at radius 3 is 2.29 bits per heavy atom. The molecule has 0 aliphatic carbocycles. The van der Waals surface area contributed by atoms with Crippen LogP contribution in [0, 0.1) is 29.6 Å². The summed E-state index contributed by atoms with van der Waals surface area (Å²) in [4.78, 5) is 0. The molecule has 0 N–H and O–H groups in total. The van der Waals surface area contributed by atoms with Crippen molar-refractivity contribution in [2.75, 3.05) is 0 Å². The highest BCUT2D eigenvalue weighted by Crippen LogP contribution is 2.19. The Kier molecular flexibility index (Phi) is 2.79. The lowest BCUT2D eigenvalue weighted by Gasteiger charge is -1.96. The zero-order valence-electron chi connectivity index (χ0n) is 7.00. The summed E-state index contributed by atoms with van der Waals surface area (Å²) in [6.07, 6.45) is 0. The van der Waals surface area contributed by atoms with Crippen molar-refractivity contribution < 1.29 is 8.42 Å². The van der Waals surface area contributed by atoms with Gasteiger partial charge in [0, 0.05) is 0 Å². The predicted molar refractivity (Wildman–Crippen MR) is 46.8 cm³/mol. The van der Waals surface area contributed by atoms with Crippen molar-refractivity contribution in [1.82, 2.24) is 10.2 Å². The number of aryl methyl sites for hydroxylation is 1. The second-order valence-corrected chi connectivity index (χ2v) is 5.66. The van der Waals surface area contributed by atoms with E-state index in [2.05, 4.69) is 10.2 Å². The molecule has 0 atom stereocenters. The fourth-order valence-corrected chi connectivity index (χ4v) is 2.83. The van der Waals surface area contributed by atoms with Crippen LogP contribution in [0.3, 0.4) is 0 Å². The molecule has 0 bridgehead atoms. The smallest absolute Gasteiger partial charge is 0.219 e. The lowest BCUT2D eigenvalue weighted by molar-refractivity contribution is 0.593. The molecule has 1 rings (SSSR count). The van der Waals surface area contributed by atoms with E-state index < -0.39 is 15.1 Å². The zero-order chi connectivity index (χ0) is 10.8. The zero-order valence-corrected chi connectivity index (χ0v) is 8.63. The molecule has 0 radical (unpaired) electrons. The maximum atomic E-state index is 11.5. The minimum atomic E-state index is -3.96. The lowest BCUT2D eigenvalue weighted by atomic mass is 10.5. The maximum absolute atomic E-state index is 11.5. The number of hydrogen-bond donors (Lipinski definition) is 0. The monoisotopic (exact) mass is 228 g/mol. The summed E-state index contributed by atoms with van der Waals surface area (Å²) in [7, 11) is -3.96. The van der Waals surface area contributed by atoms with E-state index in [1.165, 1.54) is 12.1 Å². The van der Waals surface area contributed by atoms with E-state index in [1.54, 1.807) is 6.92 Å². The Bertz CT molecular complexity index is 505. The molecule has 72 valence electrons. The van der Waals surface area contributed by atoms with Crippen LogP contribution in [0.5, 0.6) is 0 Å². The molecule has 0 aliphatic heterocycles. The molecule has 0 spiro atoms. The molecule has 1 aromatic rings. The summed E-state index contributed by atoms with van der Waals surface area (Å²) >= 11 is 0.841. The van der Waals surface area contributed by atoms with Gasteiger partial charge >= 0.3 is 0 Å². The number of rotatable bonds is 2. The molecule has 14 heavy (non-hydrogen) atoms. The third kappa shape index (κ3) is 1.71. The minimum absolute atomic E-state index is 0.289. The number of aromatic nitrogens is 2. The van der Waals surface area contributed by atoms with E-state index in [0.29, 0.717) is 5.01 Å². The van der Waals surface area contributed by atoms with Gasteiger partial charge in [-0.05, 0) is 6.92 Å². The second kappa shape index (κ2) is 3.70. The summed E-state index contributed by atoms with van der Waals surface area (Å²) in [6, 6.07) is 2.78. The molecule has 0 unspecified atom stereocenters. The summed E-state index contributed by atoms with van der Waals surface area (Å²) in [5, 5.41) is 22.5. The molecule has 6 nitrogen and oxygen atoms in total. The van der Waals surface area contributed by atoms with Crippen LogP contribution >= 0.6 is 11.3 Å². The number of hydrogen-bond acceptors (Lipinski definition) is 7. The predicted octanol–water partition coefficient (Wildman–Crippen LogP) is 0.0360. The fraction of sp³-hybridized carbons (Fsp3) is 0.333. The van der Waals surface area contributed by atoms with Crippen molar-refractivity contribution in [3.63, 3.8) is 0 Å². The highest BCUT2D eigenvalue weighted by molar-refractivity contribution is 7.94. The van der Waals surface area contributed by atoms with Gasteiger partial charge in [0.2, 0.25) is 19.4 Å². The van der Waals surface area contributed by atoms with Crippen molar-refractivity contribution >= 4 is 21.2 Å². The van der Waals surface area contributed by atoms with Gasteiger partial charge in [-0.2, -0.15) is 10.5 Å². The standard InChI is InChI=1S/C6H4N4O2S2/c1-4-9-10-6(13-4)14(11,12)5(2-7)3-8/h5H,1H3. The van der Waals surface area contributed by atoms with Gasteiger partial charge in [0.05, 0.1) is 12.1 Å². The van der Waals surface area contributed by atoms with E-state index in [9.17, 15) is 8.42 Å². The summed E-state index contributed by atoms with van der Waals surface area (Å²) in [5.41, 5.74) is 0. The number of sulfone groups is 1. The highest BCUT2D eigenvalue weighted by atomic mass is 32.2. The topological polar surface area (TPSA) is 108 Å². The van der Waals surface area contributed by atoms with Gasteiger partial charge in [0.15, 0.2) is 0 Å². The SMILES string of the molecule is Cc1nnc(S(=O)(=O)C(C#N)C#N)s1. The summed E-state index contributed by atoms with van der Waals surface area (Å²) in [6.45, 7) is 1.59. The Labute approximate surface area is 84.3 Å². The van der Waals surface area contributed by atoms with Crippen LogP contribution in [-0.2, 0) is 9.84 Å². The van der Waals surface area contributed by atoms with Gasteiger partial charge in [-0.3, -0.25) is 0 Å². The van der Waals surface area contributed by atoms with Crippen LogP contribution in [0.4, 0.5) is 0 Å². The van der Waals surface area contributed by atoms with E-state index in [-0.39, 0.29) is 4.34 Å². The first-order chi connectivity index (χ1) is 6.52. The molecule has 8 heteroatoms. The fourth-order valence-electron chi connectivity index (χ4n) is 0.662. The Balaban J connectivity index is 3.24. The summed E-state index contributed by atoms with van der Waals surface area (Å²) < 4.78 is 22.7. The number of nitriles is 2. The van der Waals surface area contributed by atoms with Gasteiger partial charge in [-0.1, -0.05) is 11.3 Å². The van der Waals surface area contributed by atoms with Crippen LogP contribution in [-0.4, -0.2) is 23.9 Å². The molecule has 0 amide bonds. The Morgan fingerprint density at radius 2 is 1.93 bits per heavy atom. The molecule has 0 fully saturated rings. The third-order valence-electron chi connectivity index (χ3n) is 1.30. The Morgan fingerprint density at radius 1 is 1.36 bits per heavy atom. The molecule has 0 saturated carbocycles. The molecular weight excluding hydrogens is 224 g/mol. The van der Waals surface area contributed by atoms with E-state index in [1.807, 2.05) is 0 Å². The molecule has 0 aromatic carbocycles. The van der Waals surface area contributed by atoms with Crippen molar-refractivity contribution in [1.29, 1.82) is 10.5 Å². The maximum Gasteiger partial charge on any atom is 0.240 e. The average molecular weight is 228 g/mol. The molecular formula is C6H4N4O2S2. The van der Waals surface area contributed by atoms with Gasteiger partial charge in [-0.25, -0.2) is 8.42 Å².